The van der Waals surface area contributed by atoms with E-state index in [1.807, 2.05) is 0 Å². The first-order chi connectivity index (χ1) is 8.32. The molecule has 0 aliphatic heterocycles. The molecule has 4 N–H and O–H groups in total. The average molecular weight is 251 g/mol. The van der Waals surface area contributed by atoms with Crippen LogP contribution in [0.4, 0.5) is 11.5 Å². The molecule has 1 rings (SSSR count). The summed E-state index contributed by atoms with van der Waals surface area (Å²) in [6, 6.07) is 2.99. The molecule has 98 valence electrons. The van der Waals surface area contributed by atoms with Crippen LogP contribution in [0.25, 0.3) is 0 Å². The third-order valence-corrected chi connectivity index (χ3v) is 2.39. The number of hydrogen-bond donors (Lipinski definition) is 2. The normalized spacial score (nSPS) is 9.94. The number of hydrogen-bond acceptors (Lipinski definition) is 5. The van der Waals surface area contributed by atoms with E-state index >= 15 is 0 Å². The fraction of sp³-hybridized carbons (Fsp3) is 0.364. The number of anilines is 2. The summed E-state index contributed by atoms with van der Waals surface area (Å²) in [4.78, 5) is 29.7. The van der Waals surface area contributed by atoms with Gasteiger partial charge >= 0.3 is 0 Å². The van der Waals surface area contributed by atoms with Gasteiger partial charge in [0.1, 0.15) is 5.69 Å². The van der Waals surface area contributed by atoms with Gasteiger partial charge in [0.2, 0.25) is 5.91 Å². The monoisotopic (exact) mass is 251 g/mol. The Hall–Kier alpha value is -2.31. The van der Waals surface area contributed by atoms with E-state index in [4.69, 9.17) is 11.5 Å². The summed E-state index contributed by atoms with van der Waals surface area (Å²) in [5.74, 6) is -0.367. The molecule has 0 bridgehead atoms. The van der Waals surface area contributed by atoms with Gasteiger partial charge in [0.05, 0.1) is 12.2 Å². The molecule has 1 aromatic heterocycles. The lowest BCUT2D eigenvalue weighted by molar-refractivity contribution is -0.127. The quantitative estimate of drug-likeness (QED) is 0.735. The molecule has 0 saturated heterocycles. The lowest BCUT2D eigenvalue weighted by Gasteiger charge is -2.21. The summed E-state index contributed by atoms with van der Waals surface area (Å²) in [7, 11) is 4.99. The summed E-state index contributed by atoms with van der Waals surface area (Å²) in [6.07, 6.45) is 0. The highest BCUT2D eigenvalue weighted by Gasteiger charge is 2.14. The van der Waals surface area contributed by atoms with E-state index in [-0.39, 0.29) is 18.1 Å². The molecule has 18 heavy (non-hydrogen) atoms. The van der Waals surface area contributed by atoms with Crippen molar-refractivity contribution in [2.45, 2.75) is 0 Å². The predicted octanol–water partition coefficient (Wildman–Crippen LogP) is -0.713. The van der Waals surface area contributed by atoms with E-state index in [0.717, 1.165) is 0 Å². The minimum absolute atomic E-state index is 0.0943. The van der Waals surface area contributed by atoms with Gasteiger partial charge in [-0.05, 0) is 12.1 Å². The number of pyridine rings is 1. The Labute approximate surface area is 105 Å². The number of nitrogens with zero attached hydrogens (tertiary/aromatic N) is 3. The van der Waals surface area contributed by atoms with Crippen molar-refractivity contribution in [1.29, 1.82) is 0 Å². The summed E-state index contributed by atoms with van der Waals surface area (Å²) in [5.41, 5.74) is 11.4. The Kier molecular flexibility index (Phi) is 4.09. The first kappa shape index (κ1) is 13.8. The molecule has 0 aliphatic rings. The molecule has 0 fully saturated rings. The first-order valence-corrected chi connectivity index (χ1v) is 5.30. The Morgan fingerprint density at radius 1 is 1.28 bits per heavy atom. The van der Waals surface area contributed by atoms with Crippen LogP contribution in [0.2, 0.25) is 0 Å². The molecule has 0 atom stereocenters. The van der Waals surface area contributed by atoms with Gasteiger partial charge in [-0.1, -0.05) is 0 Å². The molecular formula is C11H17N5O2. The van der Waals surface area contributed by atoms with Crippen molar-refractivity contribution in [3.05, 3.63) is 17.8 Å². The third kappa shape index (κ3) is 3.09. The van der Waals surface area contributed by atoms with Gasteiger partial charge in [0.25, 0.3) is 5.91 Å². The summed E-state index contributed by atoms with van der Waals surface area (Å²) < 4.78 is 0. The van der Waals surface area contributed by atoms with Crippen LogP contribution in [0.5, 0.6) is 0 Å². The fourth-order valence-electron chi connectivity index (χ4n) is 1.32. The standard InChI is InChI=1S/C11H17N5O2/c1-15(2)9(17)6-16(3)11-7(12)4-5-8(14-11)10(13)18/h4-5H,6,12H2,1-3H3,(H2,13,18). The Morgan fingerprint density at radius 3 is 2.39 bits per heavy atom. The number of primary amides is 1. The smallest absolute Gasteiger partial charge is 0.267 e. The van der Waals surface area contributed by atoms with Crippen LogP contribution in [0.3, 0.4) is 0 Å². The van der Waals surface area contributed by atoms with Gasteiger partial charge < -0.3 is 21.3 Å². The number of carbonyl (C=O) groups excluding carboxylic acids is 2. The highest BCUT2D eigenvalue weighted by molar-refractivity contribution is 5.92. The molecule has 0 spiro atoms. The van der Waals surface area contributed by atoms with Gasteiger partial charge in [-0.2, -0.15) is 0 Å². The third-order valence-electron chi connectivity index (χ3n) is 2.39. The second-order valence-corrected chi connectivity index (χ2v) is 4.12. The summed E-state index contributed by atoms with van der Waals surface area (Å²) in [6.45, 7) is 0.117. The fourth-order valence-corrected chi connectivity index (χ4v) is 1.32. The highest BCUT2D eigenvalue weighted by Crippen LogP contribution is 2.19. The van der Waals surface area contributed by atoms with Crippen LogP contribution in [-0.2, 0) is 4.79 Å². The number of likely N-dealkylation sites (N-methyl/N-ethyl adjacent to an activating group) is 2. The van der Waals surface area contributed by atoms with Crippen molar-refractivity contribution in [2.24, 2.45) is 5.73 Å². The van der Waals surface area contributed by atoms with E-state index in [0.29, 0.717) is 11.5 Å². The van der Waals surface area contributed by atoms with Crippen molar-refractivity contribution < 1.29 is 9.59 Å². The number of nitrogen functional groups attached to an aromatic ring is 1. The van der Waals surface area contributed by atoms with Gasteiger partial charge in [-0.25, -0.2) is 4.98 Å². The average Bonchev–Trinajstić information content (AvgIpc) is 2.28. The van der Waals surface area contributed by atoms with Crippen LogP contribution in [0.15, 0.2) is 12.1 Å². The summed E-state index contributed by atoms with van der Waals surface area (Å²) >= 11 is 0. The minimum Gasteiger partial charge on any atom is -0.396 e. The van der Waals surface area contributed by atoms with Crippen molar-refractivity contribution in [1.82, 2.24) is 9.88 Å². The minimum atomic E-state index is -0.636. The molecule has 7 heteroatoms. The zero-order valence-electron chi connectivity index (χ0n) is 10.7. The van der Waals surface area contributed by atoms with Gasteiger partial charge in [-0.3, -0.25) is 9.59 Å². The lowest BCUT2D eigenvalue weighted by atomic mass is 10.3. The zero-order chi connectivity index (χ0) is 13.9. The molecular weight excluding hydrogens is 234 g/mol. The Morgan fingerprint density at radius 2 is 1.89 bits per heavy atom. The maximum atomic E-state index is 11.6. The van der Waals surface area contributed by atoms with Crippen LogP contribution >= 0.6 is 0 Å². The SMILES string of the molecule is CN(C)C(=O)CN(C)c1nc(C(N)=O)ccc1N. The molecule has 0 aromatic carbocycles. The topological polar surface area (TPSA) is 106 Å². The van der Waals surface area contributed by atoms with Gasteiger partial charge in [0.15, 0.2) is 5.82 Å². The second kappa shape index (κ2) is 5.35. The van der Waals surface area contributed by atoms with Gasteiger partial charge in [0, 0.05) is 21.1 Å². The lowest BCUT2D eigenvalue weighted by Crippen LogP contribution is -2.35. The zero-order valence-corrected chi connectivity index (χ0v) is 10.7. The molecule has 0 saturated carbocycles. The number of nitrogens with two attached hydrogens (primary N) is 2. The van der Waals surface area contributed by atoms with Crippen LogP contribution in [-0.4, -0.2) is 49.4 Å². The molecule has 1 aromatic rings. The van der Waals surface area contributed by atoms with E-state index in [1.165, 1.54) is 11.0 Å². The largest absolute Gasteiger partial charge is 0.396 e. The second-order valence-electron chi connectivity index (χ2n) is 4.12. The molecule has 0 aliphatic carbocycles. The van der Waals surface area contributed by atoms with Gasteiger partial charge in [-0.15, -0.1) is 0 Å². The summed E-state index contributed by atoms with van der Waals surface area (Å²) in [5, 5.41) is 0. The Balaban J connectivity index is 2.97. The van der Waals surface area contributed by atoms with E-state index in [9.17, 15) is 9.59 Å². The van der Waals surface area contributed by atoms with E-state index < -0.39 is 5.91 Å². The molecule has 7 nitrogen and oxygen atoms in total. The Bertz CT molecular complexity index is 473. The van der Waals surface area contributed by atoms with Crippen molar-refractivity contribution in [3.63, 3.8) is 0 Å². The van der Waals surface area contributed by atoms with E-state index in [1.54, 1.807) is 32.1 Å². The van der Waals surface area contributed by atoms with Crippen molar-refractivity contribution >= 4 is 23.3 Å². The predicted molar refractivity (Wildman–Crippen MR) is 69.1 cm³/mol. The number of carbonyl (C=O) groups is 2. The molecule has 0 unspecified atom stereocenters. The number of aromatic nitrogens is 1. The highest BCUT2D eigenvalue weighted by atomic mass is 16.2. The maximum absolute atomic E-state index is 11.6. The van der Waals surface area contributed by atoms with Crippen LogP contribution in [0.1, 0.15) is 10.5 Å². The number of rotatable bonds is 4. The van der Waals surface area contributed by atoms with Crippen LogP contribution in [0, 0.1) is 0 Å². The molecule has 0 radical (unpaired) electrons. The van der Waals surface area contributed by atoms with E-state index in [2.05, 4.69) is 4.98 Å². The molecule has 1 heterocycles. The van der Waals surface area contributed by atoms with Crippen LogP contribution < -0.4 is 16.4 Å². The molecule has 2 amide bonds. The van der Waals surface area contributed by atoms with Crippen molar-refractivity contribution in [3.8, 4) is 0 Å². The maximum Gasteiger partial charge on any atom is 0.267 e. The first-order valence-electron chi connectivity index (χ1n) is 5.30. The number of amides is 2. The van der Waals surface area contributed by atoms with Crippen molar-refractivity contribution in [2.75, 3.05) is 38.3 Å².